The van der Waals surface area contributed by atoms with E-state index < -0.39 is 0 Å². The monoisotopic (exact) mass is 255 g/mol. The normalized spacial score (nSPS) is 36.2. The number of aryl methyl sites for hydroxylation is 1. The maximum Gasteiger partial charge on any atom is 0.237 e. The predicted molar refractivity (Wildman–Crippen MR) is 71.5 cm³/mol. The zero-order valence-electron chi connectivity index (χ0n) is 11.0. The molecule has 1 aromatic rings. The van der Waals surface area contributed by atoms with Gasteiger partial charge in [0.25, 0.3) is 0 Å². The van der Waals surface area contributed by atoms with Crippen molar-refractivity contribution >= 4 is 17.5 Å². The second-order valence-corrected chi connectivity index (χ2v) is 6.23. The average Bonchev–Trinajstić information content (AvgIpc) is 3.06. The number of nitrogens with zero attached hydrogens (tertiary/aromatic N) is 1. The van der Waals surface area contributed by atoms with Crippen LogP contribution in [0.25, 0.3) is 0 Å². The Labute approximate surface area is 112 Å². The third-order valence-electron chi connectivity index (χ3n) is 5.22. The van der Waals surface area contributed by atoms with Crippen LogP contribution in [0.4, 0.5) is 5.69 Å². The van der Waals surface area contributed by atoms with Crippen molar-refractivity contribution in [2.45, 2.75) is 26.2 Å². The van der Waals surface area contributed by atoms with Gasteiger partial charge in [-0.25, -0.2) is 0 Å². The first kappa shape index (κ1) is 11.2. The van der Waals surface area contributed by atoms with Crippen molar-refractivity contribution in [2.24, 2.45) is 23.7 Å². The molecule has 19 heavy (non-hydrogen) atoms. The fourth-order valence-electron chi connectivity index (χ4n) is 4.36. The molecule has 1 heterocycles. The number of rotatable bonds is 1. The van der Waals surface area contributed by atoms with Gasteiger partial charge < -0.3 is 0 Å². The van der Waals surface area contributed by atoms with E-state index in [2.05, 4.69) is 0 Å². The molecule has 4 rings (SSSR count). The van der Waals surface area contributed by atoms with Gasteiger partial charge in [-0.15, -0.1) is 0 Å². The van der Waals surface area contributed by atoms with Gasteiger partial charge in [0.15, 0.2) is 0 Å². The molecule has 0 spiro atoms. The lowest BCUT2D eigenvalue weighted by atomic mass is 9.81. The Kier molecular flexibility index (Phi) is 2.17. The van der Waals surface area contributed by atoms with Crippen LogP contribution in [0.1, 0.15) is 24.8 Å². The van der Waals surface area contributed by atoms with Crippen molar-refractivity contribution < 1.29 is 9.59 Å². The first-order valence-electron chi connectivity index (χ1n) is 7.11. The summed E-state index contributed by atoms with van der Waals surface area (Å²) in [6, 6.07) is 7.68. The maximum atomic E-state index is 12.6. The van der Waals surface area contributed by atoms with Crippen molar-refractivity contribution in [3.05, 3.63) is 29.8 Å². The Morgan fingerprint density at radius 3 is 2.00 bits per heavy atom. The van der Waals surface area contributed by atoms with Gasteiger partial charge in [0.05, 0.1) is 17.5 Å². The molecular weight excluding hydrogens is 238 g/mol. The number of imide groups is 1. The van der Waals surface area contributed by atoms with E-state index in [9.17, 15) is 9.59 Å². The first-order valence-corrected chi connectivity index (χ1v) is 7.11. The van der Waals surface area contributed by atoms with Crippen LogP contribution in [0.3, 0.4) is 0 Å². The molecule has 98 valence electrons. The Balaban J connectivity index is 1.73. The van der Waals surface area contributed by atoms with E-state index in [1.165, 1.54) is 4.90 Å². The molecule has 0 unspecified atom stereocenters. The standard InChI is InChI=1S/C16H17NO2/c1-9-2-6-12(7-3-9)17-15(18)13-10-4-5-11(8-10)14(13)16(17)19/h2-3,6-7,10-11,13-14H,4-5,8H2,1H3/t10-,11-,13+,14+/m0/s1. The topological polar surface area (TPSA) is 37.4 Å². The number of fused-ring (bicyclic) bond motifs is 5. The number of benzene rings is 1. The minimum atomic E-state index is -0.0208. The molecule has 2 amide bonds. The summed E-state index contributed by atoms with van der Waals surface area (Å²) in [5, 5.41) is 0. The Morgan fingerprint density at radius 2 is 1.47 bits per heavy atom. The molecule has 4 atom stereocenters. The third-order valence-corrected chi connectivity index (χ3v) is 5.22. The maximum absolute atomic E-state index is 12.6. The van der Waals surface area contributed by atoms with Gasteiger partial charge in [0.1, 0.15) is 0 Å². The fraction of sp³-hybridized carbons (Fsp3) is 0.500. The van der Waals surface area contributed by atoms with E-state index in [4.69, 9.17) is 0 Å². The fourth-order valence-corrected chi connectivity index (χ4v) is 4.36. The first-order chi connectivity index (χ1) is 9.16. The third kappa shape index (κ3) is 1.38. The number of hydrogen-bond donors (Lipinski definition) is 0. The van der Waals surface area contributed by atoms with E-state index in [0.29, 0.717) is 11.8 Å². The summed E-state index contributed by atoms with van der Waals surface area (Å²) in [6.07, 6.45) is 3.35. The van der Waals surface area contributed by atoms with Crippen molar-refractivity contribution in [2.75, 3.05) is 4.90 Å². The molecular formula is C16H17NO2. The van der Waals surface area contributed by atoms with Crippen LogP contribution in [-0.4, -0.2) is 11.8 Å². The highest BCUT2D eigenvalue weighted by atomic mass is 16.2. The summed E-state index contributed by atoms with van der Waals surface area (Å²) in [5.74, 6) is 0.973. The number of hydrogen-bond acceptors (Lipinski definition) is 2. The van der Waals surface area contributed by atoms with Crippen LogP contribution in [0.2, 0.25) is 0 Å². The molecule has 1 saturated heterocycles. The molecule has 2 bridgehead atoms. The highest BCUT2D eigenvalue weighted by Gasteiger charge is 2.61. The van der Waals surface area contributed by atoms with Gasteiger partial charge in [-0.1, -0.05) is 17.7 Å². The van der Waals surface area contributed by atoms with Crippen LogP contribution in [-0.2, 0) is 9.59 Å². The number of amides is 2. The van der Waals surface area contributed by atoms with Gasteiger partial charge in [0, 0.05) is 0 Å². The molecule has 3 aliphatic rings. The Bertz CT molecular complexity index is 535. The van der Waals surface area contributed by atoms with Gasteiger partial charge in [-0.3, -0.25) is 14.5 Å². The lowest BCUT2D eigenvalue weighted by Gasteiger charge is -2.19. The summed E-state index contributed by atoms with van der Waals surface area (Å²) in [4.78, 5) is 26.6. The van der Waals surface area contributed by atoms with E-state index in [-0.39, 0.29) is 23.7 Å². The molecule has 0 aromatic heterocycles. The van der Waals surface area contributed by atoms with Gasteiger partial charge in [0.2, 0.25) is 11.8 Å². The molecule has 2 aliphatic carbocycles. The van der Waals surface area contributed by atoms with Crippen molar-refractivity contribution in [3.8, 4) is 0 Å². The largest absolute Gasteiger partial charge is 0.274 e. The summed E-state index contributed by atoms with van der Waals surface area (Å²) >= 11 is 0. The molecule has 3 nitrogen and oxygen atoms in total. The molecule has 3 fully saturated rings. The van der Waals surface area contributed by atoms with Crippen LogP contribution >= 0.6 is 0 Å². The number of anilines is 1. The molecule has 1 aromatic carbocycles. The van der Waals surface area contributed by atoms with E-state index in [0.717, 1.165) is 30.5 Å². The summed E-state index contributed by atoms with van der Waals surface area (Å²) in [5.41, 5.74) is 1.89. The smallest absolute Gasteiger partial charge is 0.237 e. The lowest BCUT2D eigenvalue weighted by Crippen LogP contribution is -2.32. The van der Waals surface area contributed by atoms with E-state index >= 15 is 0 Å². The van der Waals surface area contributed by atoms with Gasteiger partial charge in [-0.2, -0.15) is 0 Å². The minimum absolute atomic E-state index is 0.0208. The number of carbonyl (C=O) groups is 2. The second-order valence-electron chi connectivity index (χ2n) is 6.23. The van der Waals surface area contributed by atoms with Gasteiger partial charge >= 0.3 is 0 Å². The predicted octanol–water partition coefficient (Wildman–Crippen LogP) is 2.53. The van der Waals surface area contributed by atoms with E-state index in [1.807, 2.05) is 31.2 Å². The average molecular weight is 255 g/mol. The van der Waals surface area contributed by atoms with Crippen molar-refractivity contribution in [1.29, 1.82) is 0 Å². The molecule has 1 aliphatic heterocycles. The zero-order valence-corrected chi connectivity index (χ0v) is 11.0. The highest BCUT2D eigenvalue weighted by molar-refractivity contribution is 6.22. The van der Waals surface area contributed by atoms with E-state index in [1.54, 1.807) is 0 Å². The molecule has 3 heteroatoms. The van der Waals surface area contributed by atoms with Crippen LogP contribution < -0.4 is 4.90 Å². The number of carbonyl (C=O) groups excluding carboxylic acids is 2. The SMILES string of the molecule is Cc1ccc(N2C(=O)[C@@H]3[C@H]4CC[C@@H](C4)[C@H]3C2=O)cc1. The van der Waals surface area contributed by atoms with Crippen molar-refractivity contribution in [3.63, 3.8) is 0 Å². The molecule has 0 radical (unpaired) electrons. The summed E-state index contributed by atoms with van der Waals surface area (Å²) in [6.45, 7) is 2.01. The van der Waals surface area contributed by atoms with Crippen LogP contribution in [0.5, 0.6) is 0 Å². The molecule has 2 saturated carbocycles. The zero-order chi connectivity index (χ0) is 13.1. The second kappa shape index (κ2) is 3.69. The Hall–Kier alpha value is -1.64. The van der Waals surface area contributed by atoms with Gasteiger partial charge in [-0.05, 0) is 50.2 Å². The quantitative estimate of drug-likeness (QED) is 0.723. The summed E-state index contributed by atoms with van der Waals surface area (Å²) < 4.78 is 0. The van der Waals surface area contributed by atoms with Crippen LogP contribution in [0, 0.1) is 30.6 Å². The summed E-state index contributed by atoms with van der Waals surface area (Å²) in [7, 11) is 0. The molecule has 0 N–H and O–H groups in total. The van der Waals surface area contributed by atoms with Crippen LogP contribution in [0.15, 0.2) is 24.3 Å². The highest BCUT2D eigenvalue weighted by Crippen LogP contribution is 2.56. The minimum Gasteiger partial charge on any atom is -0.274 e. The van der Waals surface area contributed by atoms with Crippen molar-refractivity contribution in [1.82, 2.24) is 0 Å². The Morgan fingerprint density at radius 1 is 0.947 bits per heavy atom. The lowest BCUT2D eigenvalue weighted by molar-refractivity contribution is -0.123.